The molecule has 11 heteroatoms. The van der Waals surface area contributed by atoms with Crippen molar-refractivity contribution in [1.29, 1.82) is 0 Å². The minimum Gasteiger partial charge on any atom is -0.323 e. The Morgan fingerprint density at radius 1 is 1.19 bits per heavy atom. The highest BCUT2D eigenvalue weighted by Gasteiger charge is 2.34. The van der Waals surface area contributed by atoms with Gasteiger partial charge in [0.25, 0.3) is 11.6 Å². The Balaban J connectivity index is 1.63. The van der Waals surface area contributed by atoms with Crippen LogP contribution in [-0.2, 0) is 14.8 Å². The number of nitro benzene ring substituents is 1. The first-order valence-electron chi connectivity index (χ1n) is 9.76. The predicted molar refractivity (Wildman–Crippen MR) is 117 cm³/mol. The molecule has 3 rings (SSSR count). The Labute approximate surface area is 185 Å². The van der Waals surface area contributed by atoms with Gasteiger partial charge in [0, 0.05) is 12.1 Å². The van der Waals surface area contributed by atoms with Crippen LogP contribution in [0.4, 0.5) is 11.4 Å². The summed E-state index contributed by atoms with van der Waals surface area (Å²) in [4.78, 5) is 24.3. The van der Waals surface area contributed by atoms with E-state index in [0.717, 1.165) is 10.5 Å². The van der Waals surface area contributed by atoms with E-state index in [1.54, 1.807) is 31.2 Å². The van der Waals surface area contributed by atoms with Gasteiger partial charge in [-0.1, -0.05) is 29.3 Å². The lowest BCUT2D eigenvalue weighted by Gasteiger charge is -2.34. The van der Waals surface area contributed by atoms with Crippen LogP contribution >= 0.6 is 11.6 Å². The molecular formula is C20H24ClN4O5S+. The van der Waals surface area contributed by atoms with Crippen molar-refractivity contribution in [3.8, 4) is 0 Å². The number of quaternary nitrogens is 1. The quantitative estimate of drug-likeness (QED) is 0.493. The lowest BCUT2D eigenvalue weighted by atomic mass is 10.2. The average Bonchev–Trinajstić information content (AvgIpc) is 2.75. The van der Waals surface area contributed by atoms with E-state index in [1.807, 2.05) is 6.92 Å². The molecule has 2 aromatic carbocycles. The van der Waals surface area contributed by atoms with Crippen molar-refractivity contribution in [3.05, 3.63) is 63.2 Å². The number of rotatable bonds is 6. The normalized spacial score (nSPS) is 16.6. The molecular weight excluding hydrogens is 444 g/mol. The number of nitrogens with zero attached hydrogens (tertiary/aromatic N) is 2. The van der Waals surface area contributed by atoms with E-state index in [4.69, 9.17) is 11.6 Å². The van der Waals surface area contributed by atoms with Crippen LogP contribution in [0.1, 0.15) is 12.5 Å². The number of halogens is 1. The molecule has 0 aromatic heterocycles. The Morgan fingerprint density at radius 2 is 1.81 bits per heavy atom. The molecule has 0 spiro atoms. The van der Waals surface area contributed by atoms with Crippen LogP contribution in [0, 0.1) is 17.0 Å². The molecule has 0 saturated carbocycles. The number of nitrogens with one attached hydrogen (secondary N) is 2. The molecule has 2 aromatic rings. The first-order valence-corrected chi connectivity index (χ1v) is 11.6. The highest BCUT2D eigenvalue weighted by Crippen LogP contribution is 2.26. The van der Waals surface area contributed by atoms with Gasteiger partial charge in [-0.25, -0.2) is 8.42 Å². The minimum absolute atomic E-state index is 0.172. The molecule has 1 heterocycles. The number of hydrogen-bond donors (Lipinski definition) is 2. The summed E-state index contributed by atoms with van der Waals surface area (Å²) in [6.07, 6.45) is 0. The number of carbonyl (C=O) groups excluding carboxylic acids is 1. The molecule has 1 saturated heterocycles. The zero-order valence-corrected chi connectivity index (χ0v) is 18.7. The smallest absolute Gasteiger partial charge is 0.282 e. The van der Waals surface area contributed by atoms with Gasteiger partial charge in [0.1, 0.15) is 0 Å². The average molecular weight is 468 g/mol. The second-order valence-corrected chi connectivity index (χ2v) is 9.85. The van der Waals surface area contributed by atoms with Crippen molar-refractivity contribution in [2.24, 2.45) is 0 Å². The maximum Gasteiger partial charge on any atom is 0.282 e. The highest BCUT2D eigenvalue weighted by molar-refractivity contribution is 7.89. The SMILES string of the molecule is Cc1ccc(S(=O)(=O)N2CC[NH+]([C@H](C)C(=O)Nc3cc([N+](=O)[O-])ccc3Cl)CC2)cc1. The van der Waals surface area contributed by atoms with Gasteiger partial charge in [0.2, 0.25) is 10.0 Å². The van der Waals surface area contributed by atoms with Crippen molar-refractivity contribution in [2.75, 3.05) is 31.5 Å². The Morgan fingerprint density at radius 3 is 2.39 bits per heavy atom. The largest absolute Gasteiger partial charge is 0.323 e. The van der Waals surface area contributed by atoms with Crippen LogP contribution in [0.5, 0.6) is 0 Å². The number of non-ortho nitro benzene ring substituents is 1. The molecule has 166 valence electrons. The molecule has 9 nitrogen and oxygen atoms in total. The van der Waals surface area contributed by atoms with E-state index in [-0.39, 0.29) is 27.2 Å². The van der Waals surface area contributed by atoms with Crippen molar-refractivity contribution in [1.82, 2.24) is 4.31 Å². The molecule has 1 aliphatic heterocycles. The standard InChI is InChI=1S/C20H23ClN4O5S/c1-14-3-6-17(7-4-14)31(29,30)24-11-9-23(10-12-24)15(2)20(26)22-19-13-16(25(27)28)5-8-18(19)21/h3-8,13,15H,9-12H2,1-2H3,(H,22,26)/p+1/t15-/m1/s1. The number of sulfonamides is 1. The van der Waals surface area contributed by atoms with Crippen molar-refractivity contribution in [3.63, 3.8) is 0 Å². The summed E-state index contributed by atoms with van der Waals surface area (Å²) in [5.41, 5.74) is 0.985. The molecule has 1 aliphatic rings. The second-order valence-electron chi connectivity index (χ2n) is 7.51. The maximum atomic E-state index is 12.8. The third-order valence-corrected chi connectivity index (χ3v) is 7.69. The van der Waals surface area contributed by atoms with Crippen LogP contribution < -0.4 is 10.2 Å². The lowest BCUT2D eigenvalue weighted by Crippen LogP contribution is -3.19. The second kappa shape index (κ2) is 9.31. The molecule has 1 amide bonds. The number of nitro groups is 1. The zero-order valence-electron chi connectivity index (χ0n) is 17.2. The van der Waals surface area contributed by atoms with Crippen LogP contribution in [0.3, 0.4) is 0 Å². The fourth-order valence-corrected chi connectivity index (χ4v) is 5.06. The van der Waals surface area contributed by atoms with Gasteiger partial charge in [-0.3, -0.25) is 14.9 Å². The Kier molecular flexibility index (Phi) is 6.95. The van der Waals surface area contributed by atoms with Crippen LogP contribution in [0.25, 0.3) is 0 Å². The first kappa shape index (κ1) is 23.1. The van der Waals surface area contributed by atoms with Gasteiger partial charge in [-0.05, 0) is 32.0 Å². The predicted octanol–water partition coefficient (Wildman–Crippen LogP) is 1.47. The Hall–Kier alpha value is -2.53. The maximum absolute atomic E-state index is 12.8. The Bertz CT molecular complexity index is 1080. The van der Waals surface area contributed by atoms with Crippen molar-refractivity contribution >= 4 is 38.9 Å². The monoisotopic (exact) mass is 467 g/mol. The van der Waals surface area contributed by atoms with Gasteiger partial charge in [0.05, 0.1) is 46.7 Å². The highest BCUT2D eigenvalue weighted by atomic mass is 35.5. The van der Waals surface area contributed by atoms with E-state index >= 15 is 0 Å². The fraction of sp³-hybridized carbons (Fsp3) is 0.350. The number of anilines is 1. The fourth-order valence-electron chi connectivity index (χ4n) is 3.46. The molecule has 1 atom stereocenters. The van der Waals surface area contributed by atoms with Gasteiger partial charge < -0.3 is 10.2 Å². The van der Waals surface area contributed by atoms with E-state index in [1.165, 1.54) is 22.5 Å². The summed E-state index contributed by atoms with van der Waals surface area (Å²) in [6, 6.07) is 10.1. The van der Waals surface area contributed by atoms with Gasteiger partial charge in [-0.15, -0.1) is 0 Å². The third kappa shape index (κ3) is 5.21. The summed E-state index contributed by atoms with van der Waals surface area (Å²) in [5, 5.41) is 13.8. The third-order valence-electron chi connectivity index (χ3n) is 5.45. The van der Waals surface area contributed by atoms with Gasteiger partial charge >= 0.3 is 0 Å². The number of amides is 1. The number of piperazine rings is 1. The van der Waals surface area contributed by atoms with Crippen LogP contribution in [0.2, 0.25) is 5.02 Å². The summed E-state index contributed by atoms with van der Waals surface area (Å²) in [5.74, 6) is -0.341. The molecule has 0 radical (unpaired) electrons. The van der Waals surface area contributed by atoms with E-state index in [9.17, 15) is 23.3 Å². The molecule has 0 bridgehead atoms. The lowest BCUT2D eigenvalue weighted by molar-refractivity contribution is -0.917. The first-order chi connectivity index (χ1) is 14.6. The molecule has 0 aliphatic carbocycles. The zero-order chi connectivity index (χ0) is 22.8. The van der Waals surface area contributed by atoms with Crippen LogP contribution in [0.15, 0.2) is 47.4 Å². The number of benzene rings is 2. The number of hydrogen-bond acceptors (Lipinski definition) is 5. The summed E-state index contributed by atoms with van der Waals surface area (Å²) < 4.78 is 27.1. The number of aryl methyl sites for hydroxylation is 1. The molecule has 31 heavy (non-hydrogen) atoms. The molecule has 2 N–H and O–H groups in total. The van der Waals surface area contributed by atoms with Crippen LogP contribution in [-0.4, -0.2) is 55.8 Å². The van der Waals surface area contributed by atoms with E-state index < -0.39 is 21.0 Å². The topological polar surface area (TPSA) is 114 Å². The van der Waals surface area contributed by atoms with E-state index in [0.29, 0.717) is 26.2 Å². The number of carbonyl (C=O) groups is 1. The summed E-state index contributed by atoms with van der Waals surface area (Å²) in [7, 11) is -3.58. The summed E-state index contributed by atoms with van der Waals surface area (Å²) >= 11 is 6.06. The van der Waals surface area contributed by atoms with E-state index in [2.05, 4.69) is 5.32 Å². The summed E-state index contributed by atoms with van der Waals surface area (Å²) in [6.45, 7) is 5.14. The van der Waals surface area contributed by atoms with Gasteiger partial charge in [-0.2, -0.15) is 4.31 Å². The van der Waals surface area contributed by atoms with Crippen molar-refractivity contribution in [2.45, 2.75) is 24.8 Å². The van der Waals surface area contributed by atoms with Gasteiger partial charge in [0.15, 0.2) is 6.04 Å². The van der Waals surface area contributed by atoms with Crippen molar-refractivity contribution < 1.29 is 23.0 Å². The molecule has 1 fully saturated rings. The molecule has 0 unspecified atom stereocenters. The minimum atomic E-state index is -3.58.